The van der Waals surface area contributed by atoms with Gasteiger partial charge in [0.25, 0.3) is 0 Å². The fourth-order valence-electron chi connectivity index (χ4n) is 3.83. The van der Waals surface area contributed by atoms with Crippen LogP contribution >= 0.6 is 94.1 Å². The van der Waals surface area contributed by atoms with E-state index in [1.54, 1.807) is 48.5 Å². The average Bonchev–Trinajstić information content (AvgIpc) is 3.69. The van der Waals surface area contributed by atoms with Crippen LogP contribution in [0.15, 0.2) is 147 Å². The lowest BCUT2D eigenvalue weighted by atomic mass is 10.2. The van der Waals surface area contributed by atoms with Crippen molar-refractivity contribution in [2.75, 3.05) is 0 Å². The lowest BCUT2D eigenvalue weighted by Crippen LogP contribution is -1.94. The summed E-state index contributed by atoms with van der Waals surface area (Å²) in [6, 6.07) is 36.2. The van der Waals surface area contributed by atoms with E-state index < -0.39 is 0 Å². The fraction of sp³-hybridized carbons (Fsp3) is 0. The van der Waals surface area contributed by atoms with Crippen LogP contribution in [0.25, 0.3) is 0 Å². The molecule has 0 aliphatic carbocycles. The zero-order valence-corrected chi connectivity index (χ0v) is 30.0. The first-order chi connectivity index (χ1) is 22.4. The Morgan fingerprint density at radius 1 is 0.326 bits per heavy atom. The molecule has 0 bridgehead atoms. The number of rotatable bonds is 8. The third kappa shape index (κ3) is 8.53. The van der Waals surface area contributed by atoms with Crippen molar-refractivity contribution in [1.82, 2.24) is 0 Å². The molecule has 4 aromatic carbocycles. The van der Waals surface area contributed by atoms with Crippen LogP contribution in [0.3, 0.4) is 0 Å². The van der Waals surface area contributed by atoms with Crippen LogP contribution in [0.5, 0.6) is 0 Å². The molecule has 0 N–H and O–H groups in total. The van der Waals surface area contributed by atoms with E-state index in [-0.39, 0.29) is 20.5 Å². The van der Waals surface area contributed by atoms with Crippen LogP contribution in [0.1, 0.15) is 41.4 Å². The van der Waals surface area contributed by atoms with Gasteiger partial charge in [0.1, 0.15) is 0 Å². The lowest BCUT2D eigenvalue weighted by Gasteiger charge is -2.04. The van der Waals surface area contributed by atoms with Crippen LogP contribution in [-0.4, -0.2) is 20.5 Å². The molecule has 228 valence electrons. The van der Waals surface area contributed by atoms with E-state index in [4.69, 9.17) is 0 Å². The molecule has 0 spiro atoms. The molecule has 12 heteroatoms. The predicted molar refractivity (Wildman–Crippen MR) is 205 cm³/mol. The summed E-state index contributed by atoms with van der Waals surface area (Å²) in [4.78, 5) is 53.0. The predicted octanol–water partition coefficient (Wildman–Crippen LogP) is 11.6. The summed E-state index contributed by atoms with van der Waals surface area (Å²) in [6.45, 7) is 0. The van der Waals surface area contributed by atoms with Crippen LogP contribution in [-0.2, 0) is 0 Å². The molecule has 2 aliphatic heterocycles. The Labute approximate surface area is 300 Å². The second-order valence-corrected chi connectivity index (χ2v) is 18.7. The standard InChI is InChI=1S/C34H20O4S8/c35-25(21-13-5-1-6-14-21)39-29-30(40-26(36)22-15-7-2-8-16-22)44-33(43-29)34-45-31(41-27(37)23-17-9-3-10-18-23)32(46-34)42-28(38)24-19-11-4-12-20-24/h1-20H. The molecule has 0 unspecified atom stereocenters. The molecule has 0 radical (unpaired) electrons. The van der Waals surface area contributed by atoms with Gasteiger partial charge in [0.2, 0.25) is 20.5 Å². The smallest absolute Gasteiger partial charge is 0.224 e. The van der Waals surface area contributed by atoms with Gasteiger partial charge in [0.05, 0.1) is 25.4 Å². The number of carbonyl (C=O) groups excluding carboxylic acids is 4. The summed E-state index contributed by atoms with van der Waals surface area (Å²) in [6.07, 6.45) is 0. The molecular weight excluding hydrogens is 729 g/mol. The highest BCUT2D eigenvalue weighted by Gasteiger charge is 2.34. The largest absolute Gasteiger partial charge is 0.281 e. The Hall–Kier alpha value is -2.42. The van der Waals surface area contributed by atoms with E-state index in [9.17, 15) is 19.2 Å². The van der Waals surface area contributed by atoms with Crippen molar-refractivity contribution in [3.05, 3.63) is 169 Å². The Kier molecular flexibility index (Phi) is 11.7. The van der Waals surface area contributed by atoms with Crippen LogP contribution in [0.2, 0.25) is 0 Å². The van der Waals surface area contributed by atoms with Gasteiger partial charge in [-0.25, -0.2) is 0 Å². The Morgan fingerprint density at radius 2 is 0.522 bits per heavy atom. The molecule has 0 atom stereocenters. The van der Waals surface area contributed by atoms with Gasteiger partial charge >= 0.3 is 0 Å². The molecule has 0 saturated carbocycles. The highest BCUT2D eigenvalue weighted by atomic mass is 32.3. The van der Waals surface area contributed by atoms with Gasteiger partial charge in [-0.1, -0.05) is 168 Å². The molecule has 4 nitrogen and oxygen atoms in total. The summed E-state index contributed by atoms with van der Waals surface area (Å²) in [5.74, 6) is 0. The van der Waals surface area contributed by atoms with Gasteiger partial charge in [-0.2, -0.15) is 0 Å². The van der Waals surface area contributed by atoms with Gasteiger partial charge in [-0.05, 0) is 47.0 Å². The van der Waals surface area contributed by atoms with E-state index in [0.717, 1.165) is 72.5 Å². The first-order valence-electron chi connectivity index (χ1n) is 13.5. The second-order valence-electron chi connectivity index (χ2n) is 9.16. The van der Waals surface area contributed by atoms with E-state index in [2.05, 4.69) is 0 Å². The van der Waals surface area contributed by atoms with E-state index in [1.165, 1.54) is 47.0 Å². The summed E-state index contributed by atoms with van der Waals surface area (Å²) < 4.78 is 4.71. The molecule has 0 saturated heterocycles. The molecule has 2 heterocycles. The number of benzene rings is 4. The molecule has 46 heavy (non-hydrogen) atoms. The topological polar surface area (TPSA) is 68.3 Å². The second kappa shape index (κ2) is 16.1. The van der Waals surface area contributed by atoms with Crippen molar-refractivity contribution in [3.63, 3.8) is 0 Å². The van der Waals surface area contributed by atoms with Gasteiger partial charge in [0, 0.05) is 22.3 Å². The minimum atomic E-state index is -0.112. The summed E-state index contributed by atoms with van der Waals surface area (Å²) in [5.41, 5.74) is 2.31. The lowest BCUT2D eigenvalue weighted by molar-refractivity contribution is 0.108. The number of carbonyl (C=O) groups is 4. The molecule has 2 aliphatic rings. The molecule has 0 fully saturated rings. The fourth-order valence-corrected chi connectivity index (χ4v) is 14.7. The van der Waals surface area contributed by atoms with Crippen molar-refractivity contribution in [2.45, 2.75) is 0 Å². The van der Waals surface area contributed by atoms with Crippen molar-refractivity contribution in [3.8, 4) is 0 Å². The molecule has 0 aromatic heterocycles. The highest BCUT2D eigenvalue weighted by Crippen LogP contribution is 2.66. The highest BCUT2D eigenvalue weighted by molar-refractivity contribution is 8.48. The maximum atomic E-state index is 13.2. The first kappa shape index (κ1) is 33.5. The normalized spacial score (nSPS) is 14.6. The summed E-state index contributed by atoms with van der Waals surface area (Å²) in [5, 5.41) is -0.446. The van der Waals surface area contributed by atoms with Crippen molar-refractivity contribution >= 4 is 115 Å². The third-order valence-corrected chi connectivity index (χ3v) is 16.9. The maximum Gasteiger partial charge on any atom is 0.224 e. The Bertz CT molecular complexity index is 1620. The maximum absolute atomic E-state index is 13.2. The molecule has 4 aromatic rings. The van der Waals surface area contributed by atoms with Crippen molar-refractivity contribution < 1.29 is 19.2 Å². The SMILES string of the molecule is O=C(SC1=C(SC(=O)c2ccccc2)SC(=C2SC(SC(=O)c3ccccc3)=C(SC(=O)c3ccccc3)S2)S1)c1ccccc1. The number of hydrogen-bond acceptors (Lipinski definition) is 12. The third-order valence-electron chi connectivity index (χ3n) is 6.02. The van der Waals surface area contributed by atoms with Gasteiger partial charge in [-0.3, -0.25) is 19.2 Å². The van der Waals surface area contributed by atoms with Gasteiger partial charge in [-0.15, -0.1) is 0 Å². The van der Waals surface area contributed by atoms with E-state index >= 15 is 0 Å². The Morgan fingerprint density at radius 3 is 0.717 bits per heavy atom. The summed E-state index contributed by atoms with van der Waals surface area (Å²) >= 11 is 10.2. The van der Waals surface area contributed by atoms with Gasteiger partial charge < -0.3 is 0 Å². The van der Waals surface area contributed by atoms with Crippen LogP contribution in [0, 0.1) is 0 Å². The van der Waals surface area contributed by atoms with Gasteiger partial charge in [0.15, 0.2) is 0 Å². The zero-order valence-electron chi connectivity index (χ0n) is 23.4. The molecular formula is C34H20O4S8. The molecule has 6 rings (SSSR count). The number of hydrogen-bond donors (Lipinski definition) is 0. The Balaban J connectivity index is 1.28. The monoisotopic (exact) mass is 748 g/mol. The van der Waals surface area contributed by atoms with E-state index in [1.807, 2.05) is 72.8 Å². The summed E-state index contributed by atoms with van der Waals surface area (Å²) in [7, 11) is 0. The average molecular weight is 749 g/mol. The van der Waals surface area contributed by atoms with Crippen LogP contribution < -0.4 is 0 Å². The van der Waals surface area contributed by atoms with E-state index in [0.29, 0.717) is 22.3 Å². The van der Waals surface area contributed by atoms with Crippen molar-refractivity contribution in [2.24, 2.45) is 0 Å². The van der Waals surface area contributed by atoms with Crippen molar-refractivity contribution in [1.29, 1.82) is 0 Å². The van der Waals surface area contributed by atoms with Crippen LogP contribution in [0.4, 0.5) is 0 Å². The molecule has 0 amide bonds. The number of thioether (sulfide) groups is 8. The zero-order chi connectivity index (χ0) is 31.9. The first-order valence-corrected chi connectivity index (χ1v) is 20.0. The minimum absolute atomic E-state index is 0.112. The quantitative estimate of drug-likeness (QED) is 0.172. The minimum Gasteiger partial charge on any atom is -0.281 e.